The maximum atomic E-state index is 12.0. The van der Waals surface area contributed by atoms with E-state index in [0.29, 0.717) is 5.92 Å². The standard InChI is InChI=1S/C16H24O2/c1-3-10(4-2)16(17)18-15-9-11-8-14(15)13-7-5-6-12(11)13/h3,11-15H,4-9H2,1-2H3/b10-3-. The van der Waals surface area contributed by atoms with Crippen molar-refractivity contribution in [2.45, 2.75) is 58.5 Å². The number of fused-ring (bicyclic) bond motifs is 5. The summed E-state index contributed by atoms with van der Waals surface area (Å²) in [6.45, 7) is 3.94. The molecule has 3 fully saturated rings. The van der Waals surface area contributed by atoms with Gasteiger partial charge in [0.25, 0.3) is 0 Å². The smallest absolute Gasteiger partial charge is 0.333 e. The highest BCUT2D eigenvalue weighted by Crippen LogP contribution is 2.59. The van der Waals surface area contributed by atoms with Gasteiger partial charge < -0.3 is 4.74 Å². The minimum atomic E-state index is -0.0629. The van der Waals surface area contributed by atoms with E-state index in [2.05, 4.69) is 0 Å². The molecule has 0 saturated heterocycles. The van der Waals surface area contributed by atoms with Gasteiger partial charge in [0.2, 0.25) is 0 Å². The molecule has 0 radical (unpaired) electrons. The molecule has 100 valence electrons. The number of carbonyl (C=O) groups is 1. The molecule has 0 amide bonds. The SMILES string of the molecule is C/C=C(/CC)C(=O)OC1CC2CC1C1CCCC21. The highest BCUT2D eigenvalue weighted by molar-refractivity contribution is 5.88. The monoisotopic (exact) mass is 248 g/mol. The van der Waals surface area contributed by atoms with Crippen LogP contribution in [0.3, 0.4) is 0 Å². The van der Waals surface area contributed by atoms with Gasteiger partial charge in [0.15, 0.2) is 0 Å². The van der Waals surface area contributed by atoms with Crippen molar-refractivity contribution in [2.75, 3.05) is 0 Å². The van der Waals surface area contributed by atoms with E-state index < -0.39 is 0 Å². The molecule has 5 atom stereocenters. The molecular weight excluding hydrogens is 224 g/mol. The van der Waals surface area contributed by atoms with E-state index in [9.17, 15) is 4.79 Å². The number of carbonyl (C=O) groups excluding carboxylic acids is 1. The average Bonchev–Trinajstić information content (AvgIpc) is 3.01. The summed E-state index contributed by atoms with van der Waals surface area (Å²) < 4.78 is 5.79. The number of esters is 1. The van der Waals surface area contributed by atoms with Crippen molar-refractivity contribution in [3.63, 3.8) is 0 Å². The van der Waals surface area contributed by atoms with Gasteiger partial charge in [-0.25, -0.2) is 4.79 Å². The van der Waals surface area contributed by atoms with E-state index in [-0.39, 0.29) is 12.1 Å². The fraction of sp³-hybridized carbons (Fsp3) is 0.812. The van der Waals surface area contributed by atoms with Crippen molar-refractivity contribution < 1.29 is 9.53 Å². The minimum absolute atomic E-state index is 0.0629. The molecule has 0 aliphatic heterocycles. The molecule has 2 heteroatoms. The zero-order valence-corrected chi connectivity index (χ0v) is 11.5. The lowest BCUT2D eigenvalue weighted by molar-refractivity contribution is -0.148. The van der Waals surface area contributed by atoms with Gasteiger partial charge in [0, 0.05) is 5.57 Å². The highest BCUT2D eigenvalue weighted by atomic mass is 16.5. The van der Waals surface area contributed by atoms with Crippen molar-refractivity contribution in [1.29, 1.82) is 0 Å². The topological polar surface area (TPSA) is 26.3 Å². The summed E-state index contributed by atoms with van der Waals surface area (Å²) in [5, 5.41) is 0. The molecule has 0 spiro atoms. The van der Waals surface area contributed by atoms with Crippen LogP contribution in [-0.2, 0) is 9.53 Å². The predicted octanol–water partition coefficient (Wildman–Crippen LogP) is 3.71. The van der Waals surface area contributed by atoms with Crippen LogP contribution in [0.1, 0.15) is 52.4 Å². The molecule has 3 aliphatic rings. The summed E-state index contributed by atoms with van der Waals surface area (Å²) in [5.41, 5.74) is 0.834. The Balaban J connectivity index is 1.64. The number of hydrogen-bond acceptors (Lipinski definition) is 2. The van der Waals surface area contributed by atoms with Crippen LogP contribution in [0.5, 0.6) is 0 Å². The molecule has 0 aromatic rings. The Morgan fingerprint density at radius 1 is 1.22 bits per heavy atom. The van der Waals surface area contributed by atoms with Gasteiger partial charge >= 0.3 is 5.97 Å². The Hall–Kier alpha value is -0.790. The molecule has 18 heavy (non-hydrogen) atoms. The molecular formula is C16H24O2. The average molecular weight is 248 g/mol. The Labute approximate surface area is 110 Å². The maximum Gasteiger partial charge on any atom is 0.333 e. The number of rotatable bonds is 3. The molecule has 5 unspecified atom stereocenters. The van der Waals surface area contributed by atoms with E-state index >= 15 is 0 Å². The van der Waals surface area contributed by atoms with Gasteiger partial charge in [0.1, 0.15) is 6.10 Å². The van der Waals surface area contributed by atoms with Crippen molar-refractivity contribution in [2.24, 2.45) is 23.7 Å². The highest BCUT2D eigenvalue weighted by Gasteiger charge is 2.55. The fourth-order valence-corrected chi connectivity index (χ4v) is 4.82. The zero-order chi connectivity index (χ0) is 12.7. The van der Waals surface area contributed by atoms with Crippen LogP contribution in [0.25, 0.3) is 0 Å². The van der Waals surface area contributed by atoms with Crippen molar-refractivity contribution in [1.82, 2.24) is 0 Å². The second-order valence-electron chi connectivity index (χ2n) is 6.27. The first-order chi connectivity index (χ1) is 8.74. The quantitative estimate of drug-likeness (QED) is 0.562. The summed E-state index contributed by atoms with van der Waals surface area (Å²) in [4.78, 5) is 12.0. The van der Waals surface area contributed by atoms with Gasteiger partial charge in [-0.05, 0) is 62.7 Å². The lowest BCUT2D eigenvalue weighted by atomic mass is 9.80. The van der Waals surface area contributed by atoms with Gasteiger partial charge in [-0.1, -0.05) is 19.4 Å². The van der Waals surface area contributed by atoms with Gasteiger partial charge in [-0.3, -0.25) is 0 Å². The second kappa shape index (κ2) is 4.71. The summed E-state index contributed by atoms with van der Waals surface area (Å²) in [7, 11) is 0. The van der Waals surface area contributed by atoms with Crippen LogP contribution in [0.4, 0.5) is 0 Å². The summed E-state index contributed by atoms with van der Waals surface area (Å²) in [6, 6.07) is 0. The molecule has 2 nitrogen and oxygen atoms in total. The van der Waals surface area contributed by atoms with E-state index in [1.165, 1.54) is 25.7 Å². The molecule has 2 bridgehead atoms. The fourth-order valence-electron chi connectivity index (χ4n) is 4.82. The van der Waals surface area contributed by atoms with Crippen molar-refractivity contribution >= 4 is 5.97 Å². The predicted molar refractivity (Wildman–Crippen MR) is 71.0 cm³/mol. The van der Waals surface area contributed by atoms with Crippen molar-refractivity contribution in [3.05, 3.63) is 11.6 Å². The molecule has 0 aromatic heterocycles. The third-order valence-electron chi connectivity index (χ3n) is 5.62. The molecule has 0 N–H and O–H groups in total. The van der Waals surface area contributed by atoms with E-state index in [1.54, 1.807) is 0 Å². The first-order valence-corrected chi connectivity index (χ1v) is 7.60. The van der Waals surface area contributed by atoms with Gasteiger partial charge in [-0.15, -0.1) is 0 Å². The van der Waals surface area contributed by atoms with Crippen LogP contribution in [0.2, 0.25) is 0 Å². The van der Waals surface area contributed by atoms with E-state index in [1.807, 2.05) is 19.9 Å². The van der Waals surface area contributed by atoms with Crippen LogP contribution in [0, 0.1) is 23.7 Å². The van der Waals surface area contributed by atoms with Crippen LogP contribution in [-0.4, -0.2) is 12.1 Å². The van der Waals surface area contributed by atoms with Crippen molar-refractivity contribution in [3.8, 4) is 0 Å². The van der Waals surface area contributed by atoms with E-state index in [4.69, 9.17) is 4.74 Å². The molecule has 3 aliphatic carbocycles. The third kappa shape index (κ3) is 1.81. The molecule has 0 heterocycles. The Bertz CT molecular complexity index is 371. The third-order valence-corrected chi connectivity index (χ3v) is 5.62. The molecule has 3 saturated carbocycles. The van der Waals surface area contributed by atoms with Gasteiger partial charge in [-0.2, -0.15) is 0 Å². The normalized spacial score (nSPS) is 42.1. The number of hydrogen-bond donors (Lipinski definition) is 0. The minimum Gasteiger partial charge on any atom is -0.459 e. The Morgan fingerprint density at radius 2 is 2.00 bits per heavy atom. The van der Waals surface area contributed by atoms with Crippen LogP contribution < -0.4 is 0 Å². The Morgan fingerprint density at radius 3 is 2.72 bits per heavy atom. The van der Waals surface area contributed by atoms with Gasteiger partial charge in [0.05, 0.1) is 0 Å². The summed E-state index contributed by atoms with van der Waals surface area (Å²) >= 11 is 0. The zero-order valence-electron chi connectivity index (χ0n) is 11.5. The lowest BCUT2D eigenvalue weighted by Crippen LogP contribution is -2.32. The summed E-state index contributed by atoms with van der Waals surface area (Å²) in [5.74, 6) is 3.32. The largest absolute Gasteiger partial charge is 0.459 e. The first-order valence-electron chi connectivity index (χ1n) is 7.60. The molecule has 3 rings (SSSR count). The molecule has 0 aromatic carbocycles. The van der Waals surface area contributed by atoms with Crippen LogP contribution >= 0.6 is 0 Å². The van der Waals surface area contributed by atoms with E-state index in [0.717, 1.165) is 36.2 Å². The Kier molecular flexibility index (Phi) is 3.21. The number of ether oxygens (including phenoxy) is 1. The first kappa shape index (κ1) is 12.3. The number of allylic oxidation sites excluding steroid dienone is 1. The lowest BCUT2D eigenvalue weighted by Gasteiger charge is -2.31. The maximum absolute atomic E-state index is 12.0. The second-order valence-corrected chi connectivity index (χ2v) is 6.27. The summed E-state index contributed by atoms with van der Waals surface area (Å²) in [6.07, 6.45) is 9.58. The van der Waals surface area contributed by atoms with Crippen LogP contribution in [0.15, 0.2) is 11.6 Å².